The second kappa shape index (κ2) is 6.93. The lowest BCUT2D eigenvalue weighted by Gasteiger charge is -2.17. The molecule has 2 heterocycles. The van der Waals surface area contributed by atoms with Gasteiger partial charge in [-0.2, -0.15) is 0 Å². The van der Waals surface area contributed by atoms with Gasteiger partial charge in [-0.3, -0.25) is 14.5 Å². The fraction of sp³-hybridized carbons (Fsp3) is 0.400. The minimum atomic E-state index is -0.176. The van der Waals surface area contributed by atoms with Crippen LogP contribution in [0.2, 0.25) is 0 Å². The number of nitrogens with zero attached hydrogens (tertiary/aromatic N) is 1. The molecule has 0 atom stereocenters. The van der Waals surface area contributed by atoms with Gasteiger partial charge in [0.2, 0.25) is 5.91 Å². The Morgan fingerprint density at radius 2 is 2.23 bits per heavy atom. The molecule has 2 fully saturated rings. The molecule has 0 bridgehead atoms. The highest BCUT2D eigenvalue weighted by atomic mass is 32.2. The van der Waals surface area contributed by atoms with Crippen molar-refractivity contribution >= 4 is 57.5 Å². The quantitative estimate of drug-likeness (QED) is 0.668. The largest absolute Gasteiger partial charge is 0.352 e. The smallest absolute Gasteiger partial charge is 0.266 e. The van der Waals surface area contributed by atoms with Gasteiger partial charge in [-0.25, -0.2) is 0 Å². The van der Waals surface area contributed by atoms with Gasteiger partial charge in [-0.1, -0.05) is 42.9 Å². The molecule has 1 saturated carbocycles. The average Bonchev–Trinajstić information content (AvgIpc) is 3.20. The van der Waals surface area contributed by atoms with E-state index in [1.807, 2.05) is 23.6 Å². The van der Waals surface area contributed by atoms with Crippen molar-refractivity contribution in [2.24, 2.45) is 0 Å². The van der Waals surface area contributed by atoms with Crippen LogP contribution < -0.4 is 5.32 Å². The van der Waals surface area contributed by atoms with Crippen LogP contribution in [-0.4, -0.2) is 33.6 Å². The van der Waals surface area contributed by atoms with Crippen molar-refractivity contribution in [1.29, 1.82) is 0 Å². The van der Waals surface area contributed by atoms with E-state index in [-0.39, 0.29) is 24.4 Å². The molecule has 2 amide bonds. The Hall–Kier alpha value is -1.18. The lowest BCUT2D eigenvalue weighted by molar-refractivity contribution is -0.129. The lowest BCUT2D eigenvalue weighted by atomic mass is 10.2. The number of amides is 2. The maximum Gasteiger partial charge on any atom is 0.266 e. The third-order valence-electron chi connectivity index (χ3n) is 3.71. The maximum atomic E-state index is 12.4. The van der Waals surface area contributed by atoms with E-state index >= 15 is 0 Å². The third-order valence-corrected chi connectivity index (χ3v) is 5.91. The number of hydrogen-bond donors (Lipinski definition) is 1. The van der Waals surface area contributed by atoms with Crippen molar-refractivity contribution in [2.45, 2.75) is 31.7 Å². The van der Waals surface area contributed by atoms with Crippen LogP contribution in [-0.2, 0) is 9.59 Å². The highest BCUT2D eigenvalue weighted by Gasteiger charge is 2.33. The van der Waals surface area contributed by atoms with Crippen LogP contribution in [0.25, 0.3) is 6.08 Å². The summed E-state index contributed by atoms with van der Waals surface area (Å²) in [6, 6.07) is 4.14. The number of thiocarbonyl (C=S) groups is 1. The van der Waals surface area contributed by atoms with Gasteiger partial charge in [0.05, 0.1) is 4.91 Å². The normalized spacial score (nSPS) is 21.1. The third kappa shape index (κ3) is 3.59. The molecular formula is C15H16N2O2S3. The zero-order valence-electron chi connectivity index (χ0n) is 11.9. The van der Waals surface area contributed by atoms with E-state index in [0.29, 0.717) is 9.23 Å². The Kier molecular flexibility index (Phi) is 4.95. The number of nitrogens with one attached hydrogen (secondary N) is 1. The van der Waals surface area contributed by atoms with Crippen molar-refractivity contribution in [1.82, 2.24) is 10.2 Å². The molecule has 2 aliphatic rings. The first-order valence-electron chi connectivity index (χ1n) is 7.22. The van der Waals surface area contributed by atoms with Crippen LogP contribution in [0.5, 0.6) is 0 Å². The number of thiophene rings is 1. The van der Waals surface area contributed by atoms with Crippen LogP contribution in [0.15, 0.2) is 22.4 Å². The van der Waals surface area contributed by atoms with Crippen LogP contribution in [0.3, 0.4) is 0 Å². The standard InChI is InChI=1S/C15H16N2O2S3/c18-13(16-10-4-1-2-5-10)9-17-14(19)12(22-15(17)20)8-11-6-3-7-21-11/h3,6-8,10H,1-2,4-5,9H2,(H,16,18). The molecule has 116 valence electrons. The van der Waals surface area contributed by atoms with Gasteiger partial charge in [0.15, 0.2) is 0 Å². The molecule has 3 rings (SSSR count). The summed E-state index contributed by atoms with van der Waals surface area (Å²) in [5.41, 5.74) is 0. The molecule has 1 aromatic rings. The molecule has 1 aromatic heterocycles. The van der Waals surface area contributed by atoms with Gasteiger partial charge < -0.3 is 5.32 Å². The van der Waals surface area contributed by atoms with E-state index < -0.39 is 0 Å². The monoisotopic (exact) mass is 352 g/mol. The Morgan fingerprint density at radius 3 is 2.91 bits per heavy atom. The second-order valence-corrected chi connectivity index (χ2v) is 7.99. The number of thioether (sulfide) groups is 1. The van der Waals surface area contributed by atoms with Crippen LogP contribution in [0, 0.1) is 0 Å². The molecule has 1 N–H and O–H groups in total. The average molecular weight is 353 g/mol. The minimum absolute atomic E-state index is 0.0168. The molecule has 0 radical (unpaired) electrons. The number of rotatable bonds is 4. The first-order valence-corrected chi connectivity index (χ1v) is 9.32. The maximum absolute atomic E-state index is 12.4. The first-order chi connectivity index (χ1) is 10.6. The highest BCUT2D eigenvalue weighted by molar-refractivity contribution is 8.26. The number of carbonyl (C=O) groups is 2. The molecule has 0 aromatic carbocycles. The van der Waals surface area contributed by atoms with Crippen molar-refractivity contribution in [3.8, 4) is 0 Å². The van der Waals surface area contributed by atoms with Crippen molar-refractivity contribution < 1.29 is 9.59 Å². The Balaban J connectivity index is 1.63. The Bertz CT molecular complexity index is 619. The van der Waals surface area contributed by atoms with Crippen LogP contribution in [0.4, 0.5) is 0 Å². The Labute approximate surface area is 142 Å². The molecular weight excluding hydrogens is 336 g/mol. The van der Waals surface area contributed by atoms with Crippen LogP contribution >= 0.6 is 35.3 Å². The van der Waals surface area contributed by atoms with E-state index in [4.69, 9.17) is 12.2 Å². The van der Waals surface area contributed by atoms with Gasteiger partial charge in [-0.05, 0) is 30.4 Å². The van der Waals surface area contributed by atoms with Crippen LogP contribution in [0.1, 0.15) is 30.6 Å². The van der Waals surface area contributed by atoms with Crippen molar-refractivity contribution in [3.63, 3.8) is 0 Å². The van der Waals surface area contributed by atoms with Gasteiger partial charge in [0, 0.05) is 10.9 Å². The summed E-state index contributed by atoms with van der Waals surface area (Å²) in [5, 5.41) is 4.95. The summed E-state index contributed by atoms with van der Waals surface area (Å²) in [7, 11) is 0. The summed E-state index contributed by atoms with van der Waals surface area (Å²) in [5.74, 6) is -0.300. The van der Waals surface area contributed by atoms with E-state index in [9.17, 15) is 9.59 Å². The fourth-order valence-corrected chi connectivity index (χ4v) is 4.60. The molecule has 22 heavy (non-hydrogen) atoms. The van der Waals surface area contributed by atoms with Gasteiger partial charge in [0.25, 0.3) is 5.91 Å². The van der Waals surface area contributed by atoms with E-state index in [1.54, 1.807) is 11.3 Å². The van der Waals surface area contributed by atoms with E-state index in [0.717, 1.165) is 30.6 Å². The topological polar surface area (TPSA) is 49.4 Å². The molecule has 1 saturated heterocycles. The molecule has 1 aliphatic carbocycles. The number of carbonyl (C=O) groups excluding carboxylic acids is 2. The number of hydrogen-bond acceptors (Lipinski definition) is 5. The molecule has 0 spiro atoms. The van der Waals surface area contributed by atoms with Gasteiger partial charge in [0.1, 0.15) is 10.9 Å². The fourth-order valence-electron chi connectivity index (χ4n) is 2.63. The van der Waals surface area contributed by atoms with E-state index in [2.05, 4.69) is 5.32 Å². The van der Waals surface area contributed by atoms with Crippen molar-refractivity contribution in [2.75, 3.05) is 6.54 Å². The summed E-state index contributed by atoms with van der Waals surface area (Å²) in [4.78, 5) is 27.5. The first kappa shape index (κ1) is 15.7. The van der Waals surface area contributed by atoms with E-state index in [1.165, 1.54) is 16.7 Å². The highest BCUT2D eigenvalue weighted by Crippen LogP contribution is 2.33. The van der Waals surface area contributed by atoms with Crippen molar-refractivity contribution in [3.05, 3.63) is 27.3 Å². The SMILES string of the molecule is O=C(CN1C(=O)C(=Cc2cccs2)SC1=S)NC1CCCC1. The summed E-state index contributed by atoms with van der Waals surface area (Å²) in [6.07, 6.45) is 6.22. The summed E-state index contributed by atoms with van der Waals surface area (Å²) in [6.45, 7) is 0.0168. The second-order valence-electron chi connectivity index (χ2n) is 5.33. The molecule has 0 unspecified atom stereocenters. The van der Waals surface area contributed by atoms with Gasteiger partial charge in [-0.15, -0.1) is 11.3 Å². The zero-order chi connectivity index (χ0) is 15.5. The predicted octanol–water partition coefficient (Wildman–Crippen LogP) is 3.01. The zero-order valence-corrected chi connectivity index (χ0v) is 14.4. The molecule has 7 heteroatoms. The summed E-state index contributed by atoms with van der Waals surface area (Å²) >= 11 is 8.07. The molecule has 1 aliphatic heterocycles. The summed E-state index contributed by atoms with van der Waals surface area (Å²) < 4.78 is 0.453. The predicted molar refractivity (Wildman–Crippen MR) is 94.6 cm³/mol. The minimum Gasteiger partial charge on any atom is -0.352 e. The Morgan fingerprint density at radius 1 is 1.45 bits per heavy atom. The lowest BCUT2D eigenvalue weighted by Crippen LogP contribution is -2.42. The van der Waals surface area contributed by atoms with Gasteiger partial charge >= 0.3 is 0 Å². The molecule has 4 nitrogen and oxygen atoms in total.